The third kappa shape index (κ3) is 6.00. The minimum atomic E-state index is -1.11. The van der Waals surface area contributed by atoms with E-state index in [0.717, 1.165) is 16.5 Å². The summed E-state index contributed by atoms with van der Waals surface area (Å²) in [5.41, 5.74) is 2.12. The number of rotatable bonds is 4. The van der Waals surface area contributed by atoms with Gasteiger partial charge in [-0.05, 0) is 80.6 Å². The van der Waals surface area contributed by atoms with Gasteiger partial charge in [-0.25, -0.2) is 4.99 Å². The van der Waals surface area contributed by atoms with Gasteiger partial charge in [0.25, 0.3) is 12.0 Å². The van der Waals surface area contributed by atoms with Crippen molar-refractivity contribution in [3.05, 3.63) is 70.2 Å². The first-order chi connectivity index (χ1) is 19.4. The van der Waals surface area contributed by atoms with E-state index in [9.17, 15) is 19.5 Å². The number of benzene rings is 2. The van der Waals surface area contributed by atoms with Crippen LogP contribution in [0, 0.1) is 5.92 Å². The molecule has 0 saturated carbocycles. The number of amidine groups is 1. The Bertz CT molecular complexity index is 1610. The Morgan fingerprint density at radius 1 is 1.17 bits per heavy atom. The van der Waals surface area contributed by atoms with Crippen LogP contribution in [-0.2, 0) is 9.59 Å². The summed E-state index contributed by atoms with van der Waals surface area (Å²) in [4.78, 5) is 47.0. The molecule has 2 fully saturated rings. The van der Waals surface area contributed by atoms with Crippen molar-refractivity contribution in [1.29, 1.82) is 0 Å². The van der Waals surface area contributed by atoms with Crippen LogP contribution in [0.2, 0.25) is 5.02 Å². The van der Waals surface area contributed by atoms with Crippen LogP contribution in [0.1, 0.15) is 39.2 Å². The summed E-state index contributed by atoms with van der Waals surface area (Å²) in [5.74, 6) is -0.772. The predicted octanol–water partition coefficient (Wildman–Crippen LogP) is 5.09. The van der Waals surface area contributed by atoms with Gasteiger partial charge < -0.3 is 20.5 Å². The van der Waals surface area contributed by atoms with Crippen LogP contribution in [0.25, 0.3) is 17.0 Å². The van der Waals surface area contributed by atoms with Crippen molar-refractivity contribution >= 4 is 74.8 Å². The van der Waals surface area contributed by atoms with Crippen LogP contribution < -0.4 is 15.7 Å². The Kier molecular flexibility index (Phi) is 7.91. The third-order valence-corrected chi connectivity index (χ3v) is 8.96. The fourth-order valence-corrected chi connectivity index (χ4v) is 6.24. The number of anilines is 1. The zero-order valence-electron chi connectivity index (χ0n) is 22.9. The van der Waals surface area contributed by atoms with Gasteiger partial charge in [0.2, 0.25) is 5.91 Å². The first kappa shape index (κ1) is 28.8. The molecular formula is C30H30ClN5O4S. The largest absolute Gasteiger partial charge is 0.498 e. The maximum Gasteiger partial charge on any atom is 0.264 e. The molecule has 41 heavy (non-hydrogen) atoms. The van der Waals surface area contributed by atoms with Gasteiger partial charge in [-0.3, -0.25) is 19.1 Å². The van der Waals surface area contributed by atoms with Crippen molar-refractivity contribution in [1.82, 2.24) is 10.3 Å². The summed E-state index contributed by atoms with van der Waals surface area (Å²) in [7, 11) is 0. The van der Waals surface area contributed by atoms with E-state index < -0.39 is 11.6 Å². The van der Waals surface area contributed by atoms with Crippen molar-refractivity contribution in [2.75, 3.05) is 18.4 Å². The highest BCUT2D eigenvalue weighted by molar-refractivity contribution is 8.18. The number of hydrogen-bond donors (Lipinski definition) is 2. The molecule has 3 heterocycles. The maximum absolute atomic E-state index is 13.1. The second-order valence-corrected chi connectivity index (χ2v) is 12.7. The number of likely N-dealkylation sites (tertiary alicyclic amines) is 1. The lowest BCUT2D eigenvalue weighted by atomic mass is 9.89. The van der Waals surface area contributed by atoms with E-state index in [0.29, 0.717) is 52.4 Å². The molecule has 0 spiro atoms. The monoisotopic (exact) mass is 591 g/mol. The number of carbonyl (C=O) groups is 3. The number of amides is 3. The highest BCUT2D eigenvalue weighted by Crippen LogP contribution is 2.35. The molecule has 0 bridgehead atoms. The van der Waals surface area contributed by atoms with E-state index in [2.05, 4.69) is 20.6 Å². The zero-order valence-corrected chi connectivity index (χ0v) is 24.5. The average Bonchev–Trinajstić information content (AvgIpc) is 3.27. The number of fused-ring (bicyclic) bond motifs is 1. The Morgan fingerprint density at radius 3 is 2.63 bits per heavy atom. The molecule has 2 aromatic carbocycles. The van der Waals surface area contributed by atoms with Crippen molar-refractivity contribution < 1.29 is 24.0 Å². The standard InChI is InChI=1S/C30H30ClN5O4S/c1-30(2,3)36(29(39)40)13-10-19(11-14-36)26(37)33-21-7-8-22(31)24(17-21)34-28-35-27(38)25(41-28)16-18-6-9-23-20(15-18)5-4-12-32-23/h4-9,12,15-17,19H,10-11,13-14H2,1-3H3,(H2-,33,34,35,37,38,39,40)/b25-16-. The van der Waals surface area contributed by atoms with Crippen LogP contribution >= 0.6 is 23.4 Å². The lowest BCUT2D eigenvalue weighted by molar-refractivity contribution is -0.924. The Hall–Kier alpha value is -3.73. The number of aliphatic imine (C=N–C) groups is 1. The average molecular weight is 592 g/mol. The molecule has 5 rings (SSSR count). The zero-order chi connectivity index (χ0) is 29.4. The molecular weight excluding hydrogens is 562 g/mol. The normalized spacial score (nSPS) is 23.1. The number of quaternary nitrogens is 1. The van der Waals surface area contributed by atoms with Crippen LogP contribution in [-0.4, -0.2) is 51.2 Å². The highest BCUT2D eigenvalue weighted by Gasteiger charge is 2.46. The molecule has 3 amide bonds. The van der Waals surface area contributed by atoms with E-state index in [1.165, 1.54) is 11.8 Å². The van der Waals surface area contributed by atoms with Gasteiger partial charge in [0, 0.05) is 36.0 Å². The summed E-state index contributed by atoms with van der Waals surface area (Å²) in [6.45, 7) is 6.29. The molecule has 0 radical (unpaired) electrons. The molecule has 212 valence electrons. The number of carbonyl (C=O) groups excluding carboxylic acids is 3. The number of piperidine rings is 1. The molecule has 2 N–H and O–H groups in total. The van der Waals surface area contributed by atoms with E-state index in [-0.39, 0.29) is 22.2 Å². The third-order valence-electron chi connectivity index (χ3n) is 7.73. The maximum atomic E-state index is 13.1. The van der Waals surface area contributed by atoms with Gasteiger partial charge in [0.15, 0.2) is 5.17 Å². The molecule has 0 aliphatic carbocycles. The second kappa shape index (κ2) is 11.3. The number of nitrogens with zero attached hydrogens (tertiary/aromatic N) is 3. The minimum Gasteiger partial charge on any atom is -0.498 e. The smallest absolute Gasteiger partial charge is 0.264 e. The predicted molar refractivity (Wildman–Crippen MR) is 160 cm³/mol. The first-order valence-corrected chi connectivity index (χ1v) is 14.5. The minimum absolute atomic E-state index is 0.169. The van der Waals surface area contributed by atoms with Gasteiger partial charge >= 0.3 is 0 Å². The number of thioether (sulfide) groups is 1. The van der Waals surface area contributed by atoms with Crippen molar-refractivity contribution in [2.24, 2.45) is 10.9 Å². The second-order valence-electron chi connectivity index (χ2n) is 11.2. The number of hydrogen-bond acceptors (Lipinski definition) is 7. The van der Waals surface area contributed by atoms with Crippen molar-refractivity contribution in [2.45, 2.75) is 39.2 Å². The topological polar surface area (TPSA) is 124 Å². The molecule has 1 aromatic heterocycles. The fraction of sp³-hybridized carbons (Fsp3) is 0.300. The highest BCUT2D eigenvalue weighted by atomic mass is 35.5. The van der Waals surface area contributed by atoms with Gasteiger partial charge in [-0.1, -0.05) is 23.7 Å². The van der Waals surface area contributed by atoms with Crippen LogP contribution in [0.15, 0.2) is 64.6 Å². The molecule has 0 unspecified atom stereocenters. The quantitative estimate of drug-likeness (QED) is 0.322. The molecule has 2 saturated heterocycles. The van der Waals surface area contributed by atoms with Crippen LogP contribution in [0.4, 0.5) is 16.2 Å². The first-order valence-electron chi connectivity index (χ1n) is 13.3. The van der Waals surface area contributed by atoms with Crippen LogP contribution in [0.5, 0.6) is 0 Å². The van der Waals surface area contributed by atoms with E-state index in [1.54, 1.807) is 30.5 Å². The van der Waals surface area contributed by atoms with Gasteiger partial charge in [0.05, 0.1) is 39.8 Å². The van der Waals surface area contributed by atoms with Gasteiger partial charge in [-0.2, -0.15) is 0 Å². The Labute approximate surface area is 247 Å². The summed E-state index contributed by atoms with van der Waals surface area (Å²) >= 11 is 7.60. The fourth-order valence-electron chi connectivity index (χ4n) is 5.24. The SMILES string of the molecule is CC(C)(C)[N+]1(C(=O)[O-])CCC(C(=O)Nc2ccc(Cl)c(N=C3NC(=O)/C(=C/c4ccc5ncccc5c4)S3)c2)CC1. The molecule has 2 aliphatic rings. The number of halogens is 1. The molecule has 3 aromatic rings. The van der Waals surface area contributed by atoms with Crippen molar-refractivity contribution in [3.63, 3.8) is 0 Å². The number of carboxylic acid groups (broad SMARTS) is 1. The van der Waals surface area contributed by atoms with Crippen molar-refractivity contribution in [3.8, 4) is 0 Å². The molecule has 0 atom stereocenters. The summed E-state index contributed by atoms with van der Waals surface area (Å²) in [5, 5.41) is 19.4. The molecule has 9 nitrogen and oxygen atoms in total. The Morgan fingerprint density at radius 2 is 1.93 bits per heavy atom. The Balaban J connectivity index is 1.27. The van der Waals surface area contributed by atoms with Gasteiger partial charge in [0.1, 0.15) is 0 Å². The van der Waals surface area contributed by atoms with E-state index in [4.69, 9.17) is 11.6 Å². The molecule has 11 heteroatoms. The summed E-state index contributed by atoms with van der Waals surface area (Å²) < 4.78 is -0.169. The number of nitrogens with one attached hydrogen (secondary N) is 2. The number of aromatic nitrogens is 1. The van der Waals surface area contributed by atoms with E-state index >= 15 is 0 Å². The lowest BCUT2D eigenvalue weighted by Crippen LogP contribution is -2.70. The van der Waals surface area contributed by atoms with Gasteiger partial charge in [-0.15, -0.1) is 0 Å². The lowest BCUT2D eigenvalue weighted by Gasteiger charge is -2.51. The molecule has 2 aliphatic heterocycles. The van der Waals surface area contributed by atoms with E-state index in [1.807, 2.05) is 51.1 Å². The number of pyridine rings is 1. The van der Waals surface area contributed by atoms with Crippen LogP contribution in [0.3, 0.4) is 0 Å². The summed E-state index contributed by atoms with van der Waals surface area (Å²) in [6.07, 6.45) is 3.30. The summed E-state index contributed by atoms with van der Waals surface area (Å²) in [6, 6.07) is 14.6.